The molecule has 0 fully saturated rings. The molecule has 0 unspecified atom stereocenters. The third-order valence-corrected chi connectivity index (χ3v) is 3.25. The van der Waals surface area contributed by atoms with Gasteiger partial charge in [-0.05, 0) is 38.1 Å². The Bertz CT molecular complexity index is 644. The van der Waals surface area contributed by atoms with Crippen LogP contribution in [0, 0.1) is 0 Å². The number of anilines is 2. The summed E-state index contributed by atoms with van der Waals surface area (Å²) in [5.41, 5.74) is 1.20. The van der Waals surface area contributed by atoms with E-state index < -0.39 is 11.8 Å². The highest BCUT2D eigenvalue weighted by molar-refractivity contribution is 6.44. The quantitative estimate of drug-likeness (QED) is 0.630. The van der Waals surface area contributed by atoms with Crippen molar-refractivity contribution in [3.05, 3.63) is 60.7 Å². The molecule has 0 N–H and O–H groups in total. The standard InChI is InChI=1S/C18H20N2O3/c1-3-19(15-11-7-5-8-12-15)17(21)18(22)20(23-4-2)16-13-9-6-10-14-16/h5-14H,3-4H2,1-2H3. The van der Waals surface area contributed by atoms with Crippen LogP contribution in [0.5, 0.6) is 0 Å². The van der Waals surface area contributed by atoms with E-state index in [-0.39, 0.29) is 6.61 Å². The number of hydroxylamine groups is 1. The van der Waals surface area contributed by atoms with Crippen LogP contribution in [0.2, 0.25) is 0 Å². The molecule has 5 nitrogen and oxygen atoms in total. The summed E-state index contributed by atoms with van der Waals surface area (Å²) < 4.78 is 0. The molecule has 0 saturated heterocycles. The minimum atomic E-state index is -0.719. The number of benzene rings is 2. The fourth-order valence-electron chi connectivity index (χ4n) is 2.20. The lowest BCUT2D eigenvalue weighted by atomic mass is 10.2. The molecule has 0 aliphatic carbocycles. The summed E-state index contributed by atoms with van der Waals surface area (Å²) >= 11 is 0. The second-order valence-electron chi connectivity index (χ2n) is 4.74. The van der Waals surface area contributed by atoms with Gasteiger partial charge in [-0.3, -0.25) is 14.4 Å². The number of hydrogen-bond acceptors (Lipinski definition) is 3. The van der Waals surface area contributed by atoms with Crippen molar-refractivity contribution in [3.8, 4) is 0 Å². The summed E-state index contributed by atoms with van der Waals surface area (Å²) in [6.45, 7) is 4.27. The van der Waals surface area contributed by atoms with E-state index in [9.17, 15) is 9.59 Å². The van der Waals surface area contributed by atoms with Crippen LogP contribution in [0.25, 0.3) is 0 Å². The van der Waals surface area contributed by atoms with Crippen LogP contribution in [-0.4, -0.2) is 25.0 Å². The minimum absolute atomic E-state index is 0.283. The first kappa shape index (κ1) is 16.7. The smallest absolute Gasteiger partial charge is 0.304 e. The van der Waals surface area contributed by atoms with Gasteiger partial charge >= 0.3 is 11.8 Å². The Morgan fingerprint density at radius 2 is 1.35 bits per heavy atom. The molecule has 0 aliphatic rings. The Kier molecular flexibility index (Phi) is 5.88. The number of nitrogens with zero attached hydrogens (tertiary/aromatic N) is 2. The predicted molar refractivity (Wildman–Crippen MR) is 90.0 cm³/mol. The average Bonchev–Trinajstić information content (AvgIpc) is 2.61. The highest BCUT2D eigenvalue weighted by Crippen LogP contribution is 2.18. The van der Waals surface area contributed by atoms with Crippen LogP contribution in [-0.2, 0) is 14.4 Å². The van der Waals surface area contributed by atoms with Crippen molar-refractivity contribution in [2.24, 2.45) is 0 Å². The molecule has 0 aromatic heterocycles. The molecule has 120 valence electrons. The summed E-state index contributed by atoms with van der Waals surface area (Å²) in [6.07, 6.45) is 0. The van der Waals surface area contributed by atoms with E-state index in [2.05, 4.69) is 0 Å². The van der Waals surface area contributed by atoms with Gasteiger partial charge in [0.1, 0.15) is 0 Å². The molecule has 0 bridgehead atoms. The first-order chi connectivity index (χ1) is 11.2. The molecule has 0 radical (unpaired) electrons. The zero-order valence-corrected chi connectivity index (χ0v) is 13.3. The van der Waals surface area contributed by atoms with Gasteiger partial charge in [-0.15, -0.1) is 0 Å². The second-order valence-corrected chi connectivity index (χ2v) is 4.74. The Morgan fingerprint density at radius 1 is 0.826 bits per heavy atom. The Labute approximate surface area is 136 Å². The van der Waals surface area contributed by atoms with Gasteiger partial charge in [0.2, 0.25) is 0 Å². The Hall–Kier alpha value is -2.66. The number of para-hydroxylation sites is 2. The van der Waals surface area contributed by atoms with Gasteiger partial charge in [0.25, 0.3) is 0 Å². The van der Waals surface area contributed by atoms with E-state index >= 15 is 0 Å². The van der Waals surface area contributed by atoms with Gasteiger partial charge in [-0.2, -0.15) is 5.06 Å². The average molecular weight is 312 g/mol. The van der Waals surface area contributed by atoms with E-state index in [1.54, 1.807) is 43.3 Å². The number of amides is 2. The number of rotatable bonds is 5. The summed E-state index contributed by atoms with van der Waals surface area (Å²) in [6, 6.07) is 18.0. The maximum absolute atomic E-state index is 12.6. The molecule has 23 heavy (non-hydrogen) atoms. The number of carbonyl (C=O) groups excluding carboxylic acids is 2. The van der Waals surface area contributed by atoms with Crippen molar-refractivity contribution >= 4 is 23.2 Å². The predicted octanol–water partition coefficient (Wildman–Crippen LogP) is 3.02. The largest absolute Gasteiger partial charge is 0.340 e. The summed E-state index contributed by atoms with van der Waals surface area (Å²) in [5.74, 6) is -1.35. The Morgan fingerprint density at radius 3 is 1.83 bits per heavy atom. The lowest BCUT2D eigenvalue weighted by Gasteiger charge is -2.25. The van der Waals surface area contributed by atoms with Gasteiger partial charge < -0.3 is 4.90 Å². The van der Waals surface area contributed by atoms with Crippen molar-refractivity contribution in [1.29, 1.82) is 0 Å². The molecule has 2 rings (SSSR count). The highest BCUT2D eigenvalue weighted by atomic mass is 16.7. The number of carbonyl (C=O) groups is 2. The first-order valence-corrected chi connectivity index (χ1v) is 7.58. The fourth-order valence-corrected chi connectivity index (χ4v) is 2.20. The molecule has 0 saturated carbocycles. The summed E-state index contributed by atoms with van der Waals surface area (Å²) in [4.78, 5) is 32.0. The van der Waals surface area contributed by atoms with Gasteiger partial charge in [0, 0.05) is 12.2 Å². The van der Waals surface area contributed by atoms with Crippen molar-refractivity contribution in [2.75, 3.05) is 23.1 Å². The van der Waals surface area contributed by atoms with Gasteiger partial charge in [0.05, 0.1) is 12.3 Å². The zero-order chi connectivity index (χ0) is 16.7. The summed E-state index contributed by atoms with van der Waals surface area (Å²) in [5, 5.41) is 1.05. The SMILES string of the molecule is CCON(C(=O)C(=O)N(CC)c1ccccc1)c1ccccc1. The fraction of sp³-hybridized carbons (Fsp3) is 0.222. The minimum Gasteiger partial charge on any atom is -0.304 e. The van der Waals surface area contributed by atoms with Crippen LogP contribution in [0.3, 0.4) is 0 Å². The van der Waals surface area contributed by atoms with Crippen molar-refractivity contribution in [2.45, 2.75) is 13.8 Å². The van der Waals surface area contributed by atoms with Crippen LogP contribution in [0.1, 0.15) is 13.8 Å². The third kappa shape index (κ3) is 3.96. The molecule has 5 heteroatoms. The van der Waals surface area contributed by atoms with Crippen LogP contribution in [0.4, 0.5) is 11.4 Å². The van der Waals surface area contributed by atoms with Crippen molar-refractivity contribution < 1.29 is 14.4 Å². The molecule has 0 aliphatic heterocycles. The second kappa shape index (κ2) is 8.10. The lowest BCUT2D eigenvalue weighted by Crippen LogP contribution is -2.45. The highest BCUT2D eigenvalue weighted by Gasteiger charge is 2.29. The van der Waals surface area contributed by atoms with Crippen LogP contribution >= 0.6 is 0 Å². The lowest BCUT2D eigenvalue weighted by molar-refractivity contribution is -0.140. The van der Waals surface area contributed by atoms with Crippen molar-refractivity contribution in [3.63, 3.8) is 0 Å². The Balaban J connectivity index is 2.26. The topological polar surface area (TPSA) is 49.9 Å². The molecule has 2 amide bonds. The molecular formula is C18H20N2O3. The number of likely N-dealkylation sites (N-methyl/N-ethyl adjacent to an activating group) is 1. The van der Waals surface area contributed by atoms with Crippen molar-refractivity contribution in [1.82, 2.24) is 0 Å². The third-order valence-electron chi connectivity index (χ3n) is 3.25. The zero-order valence-electron chi connectivity index (χ0n) is 13.3. The molecule has 2 aromatic rings. The van der Waals surface area contributed by atoms with Crippen LogP contribution in [0.15, 0.2) is 60.7 Å². The van der Waals surface area contributed by atoms with Gasteiger partial charge in [0.15, 0.2) is 0 Å². The summed E-state index contributed by atoms with van der Waals surface area (Å²) in [7, 11) is 0. The molecule has 0 heterocycles. The monoisotopic (exact) mass is 312 g/mol. The maximum Gasteiger partial charge on any atom is 0.340 e. The van der Waals surface area contributed by atoms with E-state index in [1.807, 2.05) is 31.2 Å². The molecule has 0 spiro atoms. The molecular weight excluding hydrogens is 292 g/mol. The molecule has 0 atom stereocenters. The van der Waals surface area contributed by atoms with Gasteiger partial charge in [-0.25, -0.2) is 0 Å². The van der Waals surface area contributed by atoms with E-state index in [4.69, 9.17) is 4.84 Å². The number of hydrogen-bond donors (Lipinski definition) is 0. The van der Waals surface area contributed by atoms with E-state index in [0.29, 0.717) is 17.9 Å². The first-order valence-electron chi connectivity index (χ1n) is 7.58. The van der Waals surface area contributed by atoms with E-state index in [1.165, 1.54) is 4.90 Å². The molecule has 2 aromatic carbocycles. The van der Waals surface area contributed by atoms with Gasteiger partial charge in [-0.1, -0.05) is 36.4 Å². The van der Waals surface area contributed by atoms with E-state index in [0.717, 1.165) is 5.06 Å². The maximum atomic E-state index is 12.6. The van der Waals surface area contributed by atoms with Crippen LogP contribution < -0.4 is 9.96 Å². The normalized spacial score (nSPS) is 10.2.